The van der Waals surface area contributed by atoms with Gasteiger partial charge < -0.3 is 10.2 Å². The third kappa shape index (κ3) is 14.9. The SMILES string of the molecule is CCCCCCCCCCCCC/C=C/[C@H]1OP(=O)(O)OC[C@@H]1NC(=O)CCCCC. The lowest BCUT2D eigenvalue weighted by molar-refractivity contribution is -0.123. The minimum absolute atomic E-state index is 0.0131. The molecule has 7 heteroatoms. The van der Waals surface area contributed by atoms with Gasteiger partial charge in [-0.1, -0.05) is 103 Å². The van der Waals surface area contributed by atoms with Crippen molar-refractivity contribution in [3.63, 3.8) is 0 Å². The third-order valence-corrected chi connectivity index (χ3v) is 6.71. The van der Waals surface area contributed by atoms with Crippen LogP contribution in [0.4, 0.5) is 0 Å². The van der Waals surface area contributed by atoms with Crippen molar-refractivity contribution in [1.82, 2.24) is 5.32 Å². The summed E-state index contributed by atoms with van der Waals surface area (Å²) < 4.78 is 21.9. The minimum Gasteiger partial charge on any atom is -0.348 e. The molecule has 0 spiro atoms. The lowest BCUT2D eigenvalue weighted by Gasteiger charge is -2.32. The summed E-state index contributed by atoms with van der Waals surface area (Å²) >= 11 is 0. The van der Waals surface area contributed by atoms with E-state index < -0.39 is 20.0 Å². The second-order valence-corrected chi connectivity index (χ2v) is 10.1. The van der Waals surface area contributed by atoms with Gasteiger partial charge in [0.05, 0.1) is 12.6 Å². The Hall–Kier alpha value is -0.680. The first-order chi connectivity index (χ1) is 15.0. The first kappa shape index (κ1) is 28.4. The highest BCUT2D eigenvalue weighted by atomic mass is 31.2. The molecule has 3 atom stereocenters. The quantitative estimate of drug-likeness (QED) is 0.133. The standard InChI is InChI=1S/C24H46NO5P/c1-3-5-7-8-9-10-11-12-13-14-15-16-18-19-23-22(21-29-31(27,28)30-23)25-24(26)20-17-6-4-2/h18-19,22-23H,3-17,20-21H2,1-2H3,(H,25,26)(H,27,28)/b19-18+/t22-,23+/m0/s1. The average molecular weight is 460 g/mol. The van der Waals surface area contributed by atoms with Crippen LogP contribution in [0.1, 0.15) is 117 Å². The predicted molar refractivity (Wildman–Crippen MR) is 127 cm³/mol. The molecular weight excluding hydrogens is 413 g/mol. The Morgan fingerprint density at radius 2 is 1.48 bits per heavy atom. The van der Waals surface area contributed by atoms with Crippen molar-refractivity contribution < 1.29 is 23.3 Å². The normalized spacial score (nSPS) is 24.0. The molecule has 1 aliphatic heterocycles. The van der Waals surface area contributed by atoms with E-state index >= 15 is 0 Å². The van der Waals surface area contributed by atoms with Gasteiger partial charge in [-0.2, -0.15) is 0 Å². The molecule has 6 nitrogen and oxygen atoms in total. The fraction of sp³-hybridized carbons (Fsp3) is 0.875. The molecule has 0 aliphatic carbocycles. The number of phosphoric acid groups is 1. The van der Waals surface area contributed by atoms with Gasteiger partial charge in [0, 0.05) is 6.42 Å². The Labute approximate surface area is 190 Å². The van der Waals surface area contributed by atoms with Crippen molar-refractivity contribution in [2.75, 3.05) is 6.61 Å². The van der Waals surface area contributed by atoms with Crippen molar-refractivity contribution in [2.24, 2.45) is 0 Å². The number of phosphoric ester groups is 1. The van der Waals surface area contributed by atoms with E-state index in [9.17, 15) is 14.3 Å². The molecule has 0 saturated carbocycles. The number of carbonyl (C=O) groups is 1. The maximum absolute atomic E-state index is 12.1. The largest absolute Gasteiger partial charge is 0.472 e. The highest BCUT2D eigenvalue weighted by Crippen LogP contribution is 2.48. The molecule has 1 rings (SSSR count). The van der Waals surface area contributed by atoms with Crippen molar-refractivity contribution in [3.8, 4) is 0 Å². The van der Waals surface area contributed by atoms with Gasteiger partial charge in [-0.25, -0.2) is 4.57 Å². The van der Waals surface area contributed by atoms with Crippen LogP contribution in [0.15, 0.2) is 12.2 Å². The van der Waals surface area contributed by atoms with Crippen LogP contribution >= 0.6 is 7.82 Å². The zero-order valence-corrected chi connectivity index (χ0v) is 20.8. The monoisotopic (exact) mass is 459 g/mol. The Morgan fingerprint density at radius 3 is 2.10 bits per heavy atom. The number of carbonyl (C=O) groups excluding carboxylic acids is 1. The molecule has 0 aromatic heterocycles. The summed E-state index contributed by atoms with van der Waals surface area (Å²) in [7, 11) is -4.04. The van der Waals surface area contributed by atoms with E-state index in [1.807, 2.05) is 6.08 Å². The minimum atomic E-state index is -4.04. The Morgan fingerprint density at radius 1 is 0.935 bits per heavy atom. The molecule has 0 radical (unpaired) electrons. The van der Waals surface area contributed by atoms with Crippen LogP contribution in [0, 0.1) is 0 Å². The van der Waals surface area contributed by atoms with Gasteiger partial charge in [0.25, 0.3) is 0 Å². The summed E-state index contributed by atoms with van der Waals surface area (Å²) in [6, 6.07) is -0.433. The maximum Gasteiger partial charge on any atom is 0.472 e. The second kappa shape index (κ2) is 17.8. The van der Waals surface area contributed by atoms with Crippen molar-refractivity contribution in [3.05, 3.63) is 12.2 Å². The fourth-order valence-electron chi connectivity index (χ4n) is 3.79. The molecule has 1 unspecified atom stereocenters. The van der Waals surface area contributed by atoms with Gasteiger partial charge in [-0.3, -0.25) is 13.8 Å². The van der Waals surface area contributed by atoms with Crippen molar-refractivity contribution in [1.29, 1.82) is 0 Å². The number of amides is 1. The molecule has 0 bridgehead atoms. The van der Waals surface area contributed by atoms with Crippen LogP contribution < -0.4 is 5.32 Å². The zero-order chi connectivity index (χ0) is 22.8. The van der Waals surface area contributed by atoms with Gasteiger partial charge in [0.1, 0.15) is 6.10 Å². The maximum atomic E-state index is 12.1. The summed E-state index contributed by atoms with van der Waals surface area (Å²) in [5.41, 5.74) is 0. The molecule has 0 aromatic rings. The summed E-state index contributed by atoms with van der Waals surface area (Å²) in [6.45, 7) is 4.33. The highest BCUT2D eigenvalue weighted by Gasteiger charge is 2.37. The van der Waals surface area contributed by atoms with E-state index in [0.29, 0.717) is 6.42 Å². The smallest absolute Gasteiger partial charge is 0.348 e. The molecule has 1 amide bonds. The second-order valence-electron chi connectivity index (χ2n) is 8.72. The van der Waals surface area contributed by atoms with Gasteiger partial charge in [0.15, 0.2) is 0 Å². The van der Waals surface area contributed by atoms with Crippen LogP contribution in [0.5, 0.6) is 0 Å². The van der Waals surface area contributed by atoms with E-state index in [0.717, 1.165) is 32.1 Å². The Bertz CT molecular complexity index is 540. The summed E-state index contributed by atoms with van der Waals surface area (Å²) in [5, 5.41) is 2.89. The van der Waals surface area contributed by atoms with Gasteiger partial charge in [0.2, 0.25) is 5.91 Å². The molecule has 31 heavy (non-hydrogen) atoms. The summed E-state index contributed by atoms with van der Waals surface area (Å²) in [6.07, 6.45) is 21.8. The van der Waals surface area contributed by atoms with Crippen LogP contribution in [0.25, 0.3) is 0 Å². The van der Waals surface area contributed by atoms with Crippen LogP contribution in [-0.4, -0.2) is 29.6 Å². The lowest BCUT2D eigenvalue weighted by atomic mass is 10.0. The first-order valence-electron chi connectivity index (χ1n) is 12.6. The molecule has 1 heterocycles. The van der Waals surface area contributed by atoms with E-state index in [1.54, 1.807) is 6.08 Å². The van der Waals surface area contributed by atoms with Gasteiger partial charge in [-0.15, -0.1) is 0 Å². The molecular formula is C24H46NO5P. The number of hydrogen-bond donors (Lipinski definition) is 2. The summed E-state index contributed by atoms with van der Waals surface area (Å²) in [5.74, 6) is -0.0657. The number of nitrogens with one attached hydrogen (secondary N) is 1. The average Bonchev–Trinajstić information content (AvgIpc) is 2.73. The number of rotatable bonds is 18. The van der Waals surface area contributed by atoms with E-state index in [4.69, 9.17) is 9.05 Å². The zero-order valence-electron chi connectivity index (χ0n) is 19.9. The van der Waals surface area contributed by atoms with Crippen molar-refractivity contribution in [2.45, 2.75) is 129 Å². The highest BCUT2D eigenvalue weighted by molar-refractivity contribution is 7.47. The molecule has 2 N–H and O–H groups in total. The van der Waals surface area contributed by atoms with Crippen LogP contribution in [-0.2, 0) is 18.4 Å². The Kier molecular flexibility index (Phi) is 16.3. The Balaban J connectivity index is 2.21. The molecule has 1 saturated heterocycles. The predicted octanol–water partition coefficient (Wildman–Crippen LogP) is 6.82. The van der Waals surface area contributed by atoms with E-state index in [2.05, 4.69) is 19.2 Å². The molecule has 0 aromatic carbocycles. The molecule has 1 aliphatic rings. The third-order valence-electron chi connectivity index (χ3n) is 5.72. The fourth-order valence-corrected chi connectivity index (χ4v) is 4.73. The summed E-state index contributed by atoms with van der Waals surface area (Å²) in [4.78, 5) is 21.7. The van der Waals surface area contributed by atoms with Gasteiger partial charge >= 0.3 is 7.82 Å². The van der Waals surface area contributed by atoms with E-state index in [-0.39, 0.29) is 12.5 Å². The van der Waals surface area contributed by atoms with Gasteiger partial charge in [-0.05, 0) is 19.3 Å². The molecule has 182 valence electrons. The first-order valence-corrected chi connectivity index (χ1v) is 14.1. The molecule has 1 fully saturated rings. The van der Waals surface area contributed by atoms with Crippen LogP contribution in [0.2, 0.25) is 0 Å². The van der Waals surface area contributed by atoms with E-state index in [1.165, 1.54) is 64.2 Å². The topological polar surface area (TPSA) is 84.9 Å². The number of hydrogen-bond acceptors (Lipinski definition) is 4. The van der Waals surface area contributed by atoms with Crippen molar-refractivity contribution >= 4 is 13.7 Å². The lowest BCUT2D eigenvalue weighted by Crippen LogP contribution is -2.48. The number of allylic oxidation sites excluding steroid dienone is 1. The van der Waals surface area contributed by atoms with Crippen LogP contribution in [0.3, 0.4) is 0 Å². The number of unbranched alkanes of at least 4 members (excludes halogenated alkanes) is 13.